The van der Waals surface area contributed by atoms with E-state index in [1.165, 1.54) is 21.1 Å². The molecule has 0 radical (unpaired) electrons. The third kappa shape index (κ3) is 6.89. The molecule has 1 aromatic heterocycles. The minimum Gasteiger partial charge on any atom is -0.497 e. The molecule has 3 aromatic carbocycles. The van der Waals surface area contributed by atoms with Gasteiger partial charge in [-0.25, -0.2) is 13.6 Å². The number of benzene rings is 3. The van der Waals surface area contributed by atoms with Crippen molar-refractivity contribution in [2.75, 3.05) is 78.4 Å². The number of ether oxygens (including phenoxy) is 5. The molecular formula is C54H65F2N5O9. The van der Waals surface area contributed by atoms with Crippen LogP contribution in [-0.2, 0) is 52.4 Å². The van der Waals surface area contributed by atoms with Gasteiger partial charge in [0, 0.05) is 109 Å². The van der Waals surface area contributed by atoms with E-state index in [0.29, 0.717) is 74.7 Å². The SMILES string of the molecule is CC[C@]12C=CCN3CC[C@@]4(c5cc([C@@]6(C(=O)OC)C[C@H]7C[C@@H](C(C)(F)F)CN(CCc8c6[nH]c6ccc(CNc9ccc(OC)cc9)cc86)C7)c(OC)cc5N(C)[C@H]4[C@@](O)(C(=O)OC)[C@@H]1OC(C)=O)[C@@H]32. The summed E-state index contributed by atoms with van der Waals surface area (Å²) in [4.78, 5) is 53.4. The Labute approximate surface area is 407 Å². The number of methoxy groups -OCH3 is 4. The number of nitrogens with one attached hydrogen (secondary N) is 2. The molecule has 14 nitrogen and oxygen atoms in total. The first-order valence-corrected chi connectivity index (χ1v) is 24.5. The molecule has 1 spiro atoms. The third-order valence-electron chi connectivity index (χ3n) is 17.3. The van der Waals surface area contributed by atoms with E-state index in [0.717, 1.165) is 46.0 Å². The normalized spacial score (nSPS) is 32.1. The highest BCUT2D eigenvalue weighted by Crippen LogP contribution is 2.68. The summed E-state index contributed by atoms with van der Waals surface area (Å²) in [6, 6.07) is 16.4. The second-order valence-electron chi connectivity index (χ2n) is 20.8. The Balaban J connectivity index is 1.22. The van der Waals surface area contributed by atoms with E-state index in [9.17, 15) is 14.7 Å². The number of aromatic nitrogens is 1. The van der Waals surface area contributed by atoms with E-state index in [1.54, 1.807) is 14.2 Å². The summed E-state index contributed by atoms with van der Waals surface area (Å²) >= 11 is 0. The third-order valence-corrected chi connectivity index (χ3v) is 17.3. The van der Waals surface area contributed by atoms with E-state index in [2.05, 4.69) is 26.2 Å². The van der Waals surface area contributed by atoms with Crippen molar-refractivity contribution in [2.45, 2.75) is 100.0 Å². The first kappa shape index (κ1) is 47.9. The number of carbonyl (C=O) groups is 3. The number of aliphatic hydroxyl groups is 1. The molecule has 10 rings (SSSR count). The molecule has 16 heteroatoms. The van der Waals surface area contributed by atoms with Crippen molar-refractivity contribution in [1.29, 1.82) is 0 Å². The van der Waals surface area contributed by atoms with Crippen LogP contribution in [0.3, 0.4) is 0 Å². The quantitative estimate of drug-likeness (QED) is 0.0827. The Morgan fingerprint density at radius 2 is 1.70 bits per heavy atom. The van der Waals surface area contributed by atoms with Crippen LogP contribution in [0.5, 0.6) is 11.5 Å². The van der Waals surface area contributed by atoms with Gasteiger partial charge in [0.2, 0.25) is 11.5 Å². The molecule has 2 saturated heterocycles. The first-order chi connectivity index (χ1) is 33.4. The summed E-state index contributed by atoms with van der Waals surface area (Å²) in [6.45, 7) is 7.16. The summed E-state index contributed by atoms with van der Waals surface area (Å²) in [5.41, 5.74) is 0.0912. The second-order valence-corrected chi connectivity index (χ2v) is 20.8. The Hall–Kier alpha value is -5.71. The van der Waals surface area contributed by atoms with Crippen molar-refractivity contribution < 1.29 is 52.0 Å². The lowest BCUT2D eigenvalue weighted by Gasteiger charge is -2.63. The number of piperidine rings is 1. The van der Waals surface area contributed by atoms with Gasteiger partial charge in [-0.15, -0.1) is 0 Å². The average molecular weight is 966 g/mol. The standard InChI is InChI=1S/C54H65F2N5O9/c1-9-51-18-10-20-61-22-19-52(45(51)61)39-25-40(43(67-6)26-42(39)59(4)46(52)54(65,49(64)69-8)47(51)70-31(2)62)53(48(63)68-7)27-33-23-34(50(3,55)56)30-60(29-33)21-17-37-38-24-32(11-16-41(38)58-44(37)53)28-57-35-12-14-36(66-5)15-13-35/h10-16,18,24-26,33-34,45-47,57-58,65H,9,17,19-23,27-30H2,1-8H3/t33-,34-,45+,46-,47-,51-,52-,53+,54+/m1/s1. The molecule has 374 valence electrons. The summed E-state index contributed by atoms with van der Waals surface area (Å²) < 4.78 is 60.6. The maximum Gasteiger partial charge on any atom is 0.344 e. The van der Waals surface area contributed by atoms with Crippen LogP contribution in [0.25, 0.3) is 10.9 Å². The fourth-order valence-electron chi connectivity index (χ4n) is 14.5. The van der Waals surface area contributed by atoms with Crippen molar-refractivity contribution in [2.24, 2.45) is 17.3 Å². The van der Waals surface area contributed by atoms with Gasteiger partial charge in [-0.2, -0.15) is 0 Å². The van der Waals surface area contributed by atoms with E-state index >= 15 is 13.6 Å². The number of fused-ring (bicyclic) bond motifs is 6. The van der Waals surface area contributed by atoms with Crippen molar-refractivity contribution in [3.63, 3.8) is 0 Å². The number of hydrogen-bond donors (Lipinski definition) is 3. The molecule has 2 bridgehead atoms. The number of alkyl halides is 2. The summed E-state index contributed by atoms with van der Waals surface area (Å²) in [5.74, 6) is -5.32. The van der Waals surface area contributed by atoms with Crippen LogP contribution >= 0.6 is 0 Å². The molecule has 3 N–H and O–H groups in total. The monoisotopic (exact) mass is 965 g/mol. The Morgan fingerprint density at radius 3 is 2.37 bits per heavy atom. The molecule has 1 aliphatic carbocycles. The largest absolute Gasteiger partial charge is 0.497 e. The fraction of sp³-hybridized carbons (Fsp3) is 0.537. The topological polar surface area (TPSA) is 155 Å². The molecule has 6 aliphatic rings. The van der Waals surface area contributed by atoms with Crippen LogP contribution in [0, 0.1) is 17.3 Å². The van der Waals surface area contributed by atoms with Gasteiger partial charge in [0.1, 0.15) is 16.9 Å². The van der Waals surface area contributed by atoms with Crippen molar-refractivity contribution >= 4 is 40.2 Å². The lowest BCUT2D eigenvalue weighted by atomic mass is 9.47. The fourth-order valence-corrected chi connectivity index (χ4v) is 14.5. The van der Waals surface area contributed by atoms with Crippen LogP contribution in [-0.4, -0.2) is 136 Å². The molecular weight excluding hydrogens is 901 g/mol. The summed E-state index contributed by atoms with van der Waals surface area (Å²) in [5, 5.41) is 17.9. The van der Waals surface area contributed by atoms with E-state index in [1.807, 2.05) is 79.6 Å². The van der Waals surface area contributed by atoms with Gasteiger partial charge >= 0.3 is 17.9 Å². The van der Waals surface area contributed by atoms with Crippen LogP contribution in [0.15, 0.2) is 66.7 Å². The van der Waals surface area contributed by atoms with Crippen LogP contribution < -0.4 is 19.7 Å². The number of anilines is 2. The van der Waals surface area contributed by atoms with Crippen LogP contribution in [0.1, 0.15) is 74.4 Å². The van der Waals surface area contributed by atoms with E-state index in [4.69, 9.17) is 23.7 Å². The molecule has 70 heavy (non-hydrogen) atoms. The van der Waals surface area contributed by atoms with Gasteiger partial charge in [-0.05, 0) is 111 Å². The Bertz CT molecular complexity index is 2760. The highest BCUT2D eigenvalue weighted by molar-refractivity contribution is 5.95. The van der Waals surface area contributed by atoms with Crippen LogP contribution in [0.4, 0.5) is 20.2 Å². The average Bonchev–Trinajstić information content (AvgIpc) is 4.01. The number of halogens is 2. The second kappa shape index (κ2) is 17.3. The maximum atomic E-state index is 15.6. The van der Waals surface area contributed by atoms with Crippen molar-refractivity contribution in [1.82, 2.24) is 14.8 Å². The van der Waals surface area contributed by atoms with E-state index in [-0.39, 0.29) is 31.3 Å². The minimum absolute atomic E-state index is 0.119. The number of nitrogens with zero attached hydrogens (tertiary/aromatic N) is 3. The van der Waals surface area contributed by atoms with Gasteiger partial charge in [-0.3, -0.25) is 14.5 Å². The smallest absolute Gasteiger partial charge is 0.344 e. The predicted octanol–water partition coefficient (Wildman–Crippen LogP) is 6.74. The van der Waals surface area contributed by atoms with Gasteiger partial charge < -0.3 is 48.9 Å². The van der Waals surface area contributed by atoms with Gasteiger partial charge in [0.25, 0.3) is 0 Å². The lowest BCUT2D eigenvalue weighted by Crippen LogP contribution is -2.81. The van der Waals surface area contributed by atoms with Gasteiger partial charge in [-0.1, -0.05) is 25.1 Å². The van der Waals surface area contributed by atoms with Crippen molar-refractivity contribution in [3.8, 4) is 11.5 Å². The van der Waals surface area contributed by atoms with E-state index < -0.39 is 63.7 Å². The molecule has 3 fully saturated rings. The molecule has 6 heterocycles. The zero-order valence-corrected chi connectivity index (χ0v) is 41.3. The zero-order chi connectivity index (χ0) is 49.7. The number of esters is 3. The lowest BCUT2D eigenvalue weighted by molar-refractivity contribution is -0.228. The zero-order valence-electron chi connectivity index (χ0n) is 41.3. The highest BCUT2D eigenvalue weighted by atomic mass is 19.3. The molecule has 5 aliphatic heterocycles. The van der Waals surface area contributed by atoms with Crippen LogP contribution in [0.2, 0.25) is 0 Å². The number of carbonyl (C=O) groups excluding carboxylic acids is 3. The molecule has 1 unspecified atom stereocenters. The first-order valence-electron chi connectivity index (χ1n) is 24.5. The Kier molecular flexibility index (Phi) is 11.8. The Morgan fingerprint density at radius 1 is 0.943 bits per heavy atom. The number of rotatable bonds is 11. The predicted molar refractivity (Wildman–Crippen MR) is 260 cm³/mol. The number of likely N-dealkylation sites (N-methyl/N-ethyl adjacent to an activating group) is 1. The van der Waals surface area contributed by atoms with Crippen molar-refractivity contribution in [3.05, 3.63) is 94.7 Å². The molecule has 1 saturated carbocycles. The number of hydrogen-bond acceptors (Lipinski definition) is 13. The number of H-pyrrole nitrogens is 1. The molecule has 4 aromatic rings. The van der Waals surface area contributed by atoms with Gasteiger partial charge in [0.05, 0.1) is 34.5 Å². The number of aromatic amines is 1. The minimum atomic E-state index is -2.97. The summed E-state index contributed by atoms with van der Waals surface area (Å²) in [6.07, 6.45) is 4.37. The molecule has 0 amide bonds. The maximum absolute atomic E-state index is 15.6. The molecule has 10 atom stereocenters. The van der Waals surface area contributed by atoms with Gasteiger partial charge in [0.15, 0.2) is 6.10 Å². The summed E-state index contributed by atoms with van der Waals surface area (Å²) in [7, 11) is 7.59. The highest BCUT2D eigenvalue weighted by Gasteiger charge is 2.80.